The smallest absolute Gasteiger partial charge is 0.249 e. The van der Waals surface area contributed by atoms with Crippen LogP contribution in [0.25, 0.3) is 16.8 Å². The molecule has 1 amide bonds. The van der Waals surface area contributed by atoms with Gasteiger partial charge in [0.1, 0.15) is 6.54 Å². The van der Waals surface area contributed by atoms with Crippen molar-refractivity contribution in [1.82, 2.24) is 29.1 Å². The van der Waals surface area contributed by atoms with Crippen LogP contribution in [0.1, 0.15) is 5.56 Å². The highest BCUT2D eigenvalue weighted by molar-refractivity contribution is 5.89. The molecule has 25 heavy (non-hydrogen) atoms. The van der Waals surface area contributed by atoms with Gasteiger partial charge in [-0.05, 0) is 30.7 Å². The molecule has 0 aliphatic heterocycles. The maximum absolute atomic E-state index is 12.0. The lowest BCUT2D eigenvalue weighted by molar-refractivity contribution is -0.116. The molecule has 4 aromatic heterocycles. The van der Waals surface area contributed by atoms with E-state index in [0.717, 1.165) is 16.7 Å². The molecule has 0 saturated heterocycles. The molecule has 0 unspecified atom stereocenters. The standard InChI is InChI=1S/C17H15N7O/c1-12-4-5-18-8-14(12)13-2-3-15-20-17(22-24(15)9-13)21-16(25)10-23-7-6-19-11-23/h2-9,11H,10H2,1H3,(H,21,22,25). The van der Waals surface area contributed by atoms with Gasteiger partial charge >= 0.3 is 0 Å². The van der Waals surface area contributed by atoms with Crippen molar-refractivity contribution >= 4 is 17.5 Å². The zero-order valence-electron chi connectivity index (χ0n) is 13.5. The molecule has 8 heteroatoms. The van der Waals surface area contributed by atoms with E-state index in [0.29, 0.717) is 5.65 Å². The monoisotopic (exact) mass is 333 g/mol. The Balaban J connectivity index is 1.58. The normalized spacial score (nSPS) is 10.9. The van der Waals surface area contributed by atoms with E-state index in [-0.39, 0.29) is 18.4 Å². The number of carbonyl (C=O) groups excluding carboxylic acids is 1. The number of imidazole rings is 1. The summed E-state index contributed by atoms with van der Waals surface area (Å²) in [4.78, 5) is 24.4. The number of aromatic nitrogens is 6. The van der Waals surface area contributed by atoms with Gasteiger partial charge in [0.25, 0.3) is 0 Å². The highest BCUT2D eigenvalue weighted by atomic mass is 16.2. The quantitative estimate of drug-likeness (QED) is 0.616. The van der Waals surface area contributed by atoms with Crippen molar-refractivity contribution < 1.29 is 4.79 Å². The molecule has 0 spiro atoms. The fraction of sp³-hybridized carbons (Fsp3) is 0.118. The summed E-state index contributed by atoms with van der Waals surface area (Å²) < 4.78 is 3.32. The topological polar surface area (TPSA) is 90.0 Å². The van der Waals surface area contributed by atoms with E-state index < -0.39 is 0 Å². The third kappa shape index (κ3) is 3.09. The molecule has 0 aliphatic carbocycles. The van der Waals surface area contributed by atoms with Crippen molar-refractivity contribution in [2.24, 2.45) is 0 Å². The first-order chi connectivity index (χ1) is 12.2. The molecule has 8 nitrogen and oxygen atoms in total. The average Bonchev–Trinajstić information content (AvgIpc) is 3.23. The van der Waals surface area contributed by atoms with Gasteiger partial charge in [0, 0.05) is 42.1 Å². The van der Waals surface area contributed by atoms with Crippen LogP contribution < -0.4 is 5.32 Å². The maximum atomic E-state index is 12.0. The lowest BCUT2D eigenvalue weighted by atomic mass is 10.1. The number of rotatable bonds is 4. The Morgan fingerprint density at radius 2 is 2.12 bits per heavy atom. The fourth-order valence-electron chi connectivity index (χ4n) is 2.57. The lowest BCUT2D eigenvalue weighted by Gasteiger charge is -2.04. The van der Waals surface area contributed by atoms with Gasteiger partial charge in [-0.15, -0.1) is 5.10 Å². The Kier molecular flexibility index (Phi) is 3.70. The molecule has 0 bridgehead atoms. The predicted octanol–water partition coefficient (Wildman–Crippen LogP) is 1.93. The van der Waals surface area contributed by atoms with Gasteiger partial charge in [0.2, 0.25) is 11.9 Å². The molecule has 4 heterocycles. The molecule has 1 N–H and O–H groups in total. The lowest BCUT2D eigenvalue weighted by Crippen LogP contribution is -2.18. The number of nitrogens with one attached hydrogen (secondary N) is 1. The Hall–Kier alpha value is -3.55. The number of anilines is 1. The Bertz CT molecular complexity index is 1040. The predicted molar refractivity (Wildman–Crippen MR) is 91.8 cm³/mol. The second kappa shape index (κ2) is 6.16. The van der Waals surface area contributed by atoms with Crippen LogP contribution in [0.5, 0.6) is 0 Å². The number of pyridine rings is 2. The van der Waals surface area contributed by atoms with Crippen LogP contribution in [0.3, 0.4) is 0 Å². The molecule has 0 radical (unpaired) electrons. The first-order valence-corrected chi connectivity index (χ1v) is 7.72. The highest BCUT2D eigenvalue weighted by Crippen LogP contribution is 2.22. The molecule has 0 atom stereocenters. The summed E-state index contributed by atoms with van der Waals surface area (Å²) in [5, 5.41) is 7.02. The van der Waals surface area contributed by atoms with E-state index >= 15 is 0 Å². The maximum Gasteiger partial charge on any atom is 0.249 e. The number of hydrogen-bond acceptors (Lipinski definition) is 5. The van der Waals surface area contributed by atoms with Gasteiger partial charge in [-0.2, -0.15) is 4.98 Å². The second-order valence-corrected chi connectivity index (χ2v) is 5.63. The molecular weight excluding hydrogens is 318 g/mol. The molecule has 0 saturated carbocycles. The molecule has 4 aromatic rings. The summed E-state index contributed by atoms with van der Waals surface area (Å²) in [6.45, 7) is 2.19. The van der Waals surface area contributed by atoms with E-state index in [9.17, 15) is 4.79 Å². The number of fused-ring (bicyclic) bond motifs is 1. The minimum Gasteiger partial charge on any atom is -0.328 e. The SMILES string of the molecule is Cc1ccncc1-c1ccc2nc(NC(=O)Cn3ccnc3)nn2c1. The zero-order valence-corrected chi connectivity index (χ0v) is 13.5. The van der Waals surface area contributed by atoms with Crippen LogP contribution >= 0.6 is 0 Å². The largest absolute Gasteiger partial charge is 0.328 e. The van der Waals surface area contributed by atoms with Gasteiger partial charge in [-0.3, -0.25) is 15.1 Å². The summed E-state index contributed by atoms with van der Waals surface area (Å²) in [5.41, 5.74) is 3.80. The van der Waals surface area contributed by atoms with E-state index in [2.05, 4.69) is 25.4 Å². The van der Waals surface area contributed by atoms with Crippen molar-refractivity contribution in [3.05, 3.63) is 61.1 Å². The Labute approximate surface area is 143 Å². The molecule has 0 aromatic carbocycles. The molecular formula is C17H15N7O. The summed E-state index contributed by atoms with van der Waals surface area (Å²) >= 11 is 0. The van der Waals surface area contributed by atoms with Crippen molar-refractivity contribution in [2.45, 2.75) is 13.5 Å². The van der Waals surface area contributed by atoms with Crippen LogP contribution in [0.4, 0.5) is 5.95 Å². The molecule has 124 valence electrons. The van der Waals surface area contributed by atoms with E-state index in [1.54, 1.807) is 34.0 Å². The van der Waals surface area contributed by atoms with E-state index in [1.807, 2.05) is 37.5 Å². The van der Waals surface area contributed by atoms with Gasteiger partial charge in [-0.1, -0.05) is 0 Å². The van der Waals surface area contributed by atoms with E-state index in [4.69, 9.17) is 0 Å². The summed E-state index contributed by atoms with van der Waals surface area (Å²) in [5.74, 6) is 0.0578. The van der Waals surface area contributed by atoms with Gasteiger partial charge in [0.15, 0.2) is 5.65 Å². The molecule has 4 rings (SSSR count). The first-order valence-electron chi connectivity index (χ1n) is 7.72. The van der Waals surface area contributed by atoms with Crippen molar-refractivity contribution in [3.63, 3.8) is 0 Å². The number of aryl methyl sites for hydroxylation is 1. The number of carbonyl (C=O) groups is 1. The summed E-state index contributed by atoms with van der Waals surface area (Å²) in [6, 6.07) is 5.79. The van der Waals surface area contributed by atoms with Crippen LogP contribution in [0, 0.1) is 6.92 Å². The van der Waals surface area contributed by atoms with Gasteiger partial charge in [-0.25, -0.2) is 9.50 Å². The van der Waals surface area contributed by atoms with Crippen LogP contribution in [-0.2, 0) is 11.3 Å². The van der Waals surface area contributed by atoms with Gasteiger partial charge in [0.05, 0.1) is 6.33 Å². The Morgan fingerprint density at radius 3 is 2.92 bits per heavy atom. The summed E-state index contributed by atoms with van der Waals surface area (Å²) in [6.07, 6.45) is 10.4. The van der Waals surface area contributed by atoms with Gasteiger partial charge < -0.3 is 4.57 Å². The highest BCUT2D eigenvalue weighted by Gasteiger charge is 2.10. The van der Waals surface area contributed by atoms with Crippen LogP contribution in [0.2, 0.25) is 0 Å². The number of nitrogens with zero attached hydrogens (tertiary/aromatic N) is 6. The molecule has 0 fully saturated rings. The van der Waals surface area contributed by atoms with Crippen LogP contribution in [0.15, 0.2) is 55.5 Å². The van der Waals surface area contributed by atoms with E-state index in [1.165, 1.54) is 0 Å². The van der Waals surface area contributed by atoms with Crippen molar-refractivity contribution in [1.29, 1.82) is 0 Å². The zero-order chi connectivity index (χ0) is 17.2. The third-order valence-electron chi connectivity index (χ3n) is 3.82. The number of hydrogen-bond donors (Lipinski definition) is 1. The average molecular weight is 333 g/mol. The Morgan fingerprint density at radius 1 is 1.20 bits per heavy atom. The minimum atomic E-state index is -0.211. The van der Waals surface area contributed by atoms with Crippen LogP contribution in [-0.4, -0.2) is 35.0 Å². The van der Waals surface area contributed by atoms with Crippen molar-refractivity contribution in [2.75, 3.05) is 5.32 Å². The first kappa shape index (κ1) is 15.0. The second-order valence-electron chi connectivity index (χ2n) is 5.63. The number of amides is 1. The fourth-order valence-corrected chi connectivity index (χ4v) is 2.57. The minimum absolute atomic E-state index is 0.162. The summed E-state index contributed by atoms with van der Waals surface area (Å²) in [7, 11) is 0. The third-order valence-corrected chi connectivity index (χ3v) is 3.82. The van der Waals surface area contributed by atoms with Crippen molar-refractivity contribution in [3.8, 4) is 11.1 Å². The molecule has 0 aliphatic rings.